The summed E-state index contributed by atoms with van der Waals surface area (Å²) in [7, 11) is 3.35. The zero-order valence-electron chi connectivity index (χ0n) is 18.5. The van der Waals surface area contributed by atoms with E-state index in [1.54, 1.807) is 21.1 Å². The van der Waals surface area contributed by atoms with Crippen molar-refractivity contribution < 1.29 is 22.6 Å². The van der Waals surface area contributed by atoms with Crippen molar-refractivity contribution in [1.82, 2.24) is 15.1 Å². The highest BCUT2D eigenvalue weighted by Gasteiger charge is 2.32. The molecular formula is C21H34F3IN4O2. The molecule has 0 aromatic heterocycles. The number of benzene rings is 1. The number of ether oxygens (including phenoxy) is 2. The molecule has 31 heavy (non-hydrogen) atoms. The second-order valence-corrected chi connectivity index (χ2v) is 7.38. The number of nitrogens with zero attached hydrogens (tertiary/aromatic N) is 3. The standard InChI is InChI=1S/C21H33F3N4O2.HI/c1-4-27(16-21(22,23)24)13-17-9-11-28(14-17)20(25-2)26-10-12-30-15-18-7-5-6-8-19(18)29-3;/h5-8,17H,4,9-16H2,1-3H3,(H,25,26);1H. The molecule has 0 saturated carbocycles. The molecule has 2 rings (SSSR count). The van der Waals surface area contributed by atoms with E-state index in [0.717, 1.165) is 30.2 Å². The Bertz CT molecular complexity index is 676. The predicted molar refractivity (Wildman–Crippen MR) is 127 cm³/mol. The van der Waals surface area contributed by atoms with Crippen LogP contribution in [0, 0.1) is 5.92 Å². The van der Waals surface area contributed by atoms with E-state index in [-0.39, 0.29) is 29.9 Å². The summed E-state index contributed by atoms with van der Waals surface area (Å²) in [6.45, 7) is 4.81. The van der Waals surface area contributed by atoms with Crippen LogP contribution in [0.25, 0.3) is 0 Å². The third kappa shape index (κ3) is 9.82. The Hall–Kier alpha value is -1.27. The molecule has 1 N–H and O–H groups in total. The maximum Gasteiger partial charge on any atom is 0.401 e. The molecule has 6 nitrogen and oxygen atoms in total. The van der Waals surface area contributed by atoms with Crippen LogP contribution in [0.3, 0.4) is 0 Å². The molecular weight excluding hydrogens is 524 g/mol. The molecule has 1 atom stereocenters. The highest BCUT2D eigenvalue weighted by Crippen LogP contribution is 2.21. The van der Waals surface area contributed by atoms with Crippen molar-refractivity contribution in [2.45, 2.75) is 26.1 Å². The van der Waals surface area contributed by atoms with Gasteiger partial charge < -0.3 is 19.7 Å². The molecule has 0 aliphatic carbocycles. The second kappa shape index (κ2) is 14.0. The molecule has 1 aromatic rings. The highest BCUT2D eigenvalue weighted by atomic mass is 127. The topological polar surface area (TPSA) is 49.3 Å². The number of rotatable bonds is 10. The Balaban J connectivity index is 0.00000480. The molecule has 0 spiro atoms. The monoisotopic (exact) mass is 558 g/mol. The fourth-order valence-corrected chi connectivity index (χ4v) is 3.67. The zero-order chi connectivity index (χ0) is 22.0. The number of hydrogen-bond donors (Lipinski definition) is 1. The molecule has 1 heterocycles. The van der Waals surface area contributed by atoms with Crippen LogP contribution in [-0.2, 0) is 11.3 Å². The van der Waals surface area contributed by atoms with Crippen molar-refractivity contribution in [2.75, 3.05) is 60.0 Å². The number of nitrogens with one attached hydrogen (secondary N) is 1. The first-order valence-electron chi connectivity index (χ1n) is 10.3. The van der Waals surface area contributed by atoms with Gasteiger partial charge in [-0.2, -0.15) is 13.2 Å². The Labute approximate surface area is 200 Å². The number of para-hydroxylation sites is 1. The summed E-state index contributed by atoms with van der Waals surface area (Å²) in [6, 6.07) is 7.73. The van der Waals surface area contributed by atoms with Crippen molar-refractivity contribution in [3.63, 3.8) is 0 Å². The number of aliphatic imine (C=N–C) groups is 1. The van der Waals surface area contributed by atoms with Crippen molar-refractivity contribution in [2.24, 2.45) is 10.9 Å². The molecule has 178 valence electrons. The van der Waals surface area contributed by atoms with E-state index in [2.05, 4.69) is 15.2 Å². The minimum atomic E-state index is -4.16. The van der Waals surface area contributed by atoms with Crippen LogP contribution in [-0.4, -0.2) is 82.0 Å². The van der Waals surface area contributed by atoms with Crippen LogP contribution in [0.5, 0.6) is 5.75 Å². The third-order valence-electron chi connectivity index (χ3n) is 5.14. The predicted octanol–water partition coefficient (Wildman–Crippen LogP) is 3.61. The second-order valence-electron chi connectivity index (χ2n) is 7.38. The summed E-state index contributed by atoms with van der Waals surface area (Å²) in [5.41, 5.74) is 0.992. The number of likely N-dealkylation sites (tertiary alicyclic amines) is 1. The van der Waals surface area contributed by atoms with Crippen molar-refractivity contribution >= 4 is 29.9 Å². The lowest BCUT2D eigenvalue weighted by Crippen LogP contribution is -2.42. The summed E-state index contributed by atoms with van der Waals surface area (Å²) in [5.74, 6) is 1.76. The van der Waals surface area contributed by atoms with Gasteiger partial charge in [0.05, 0.1) is 26.9 Å². The molecule has 1 aliphatic rings. The van der Waals surface area contributed by atoms with Gasteiger partial charge in [-0.05, 0) is 24.9 Å². The van der Waals surface area contributed by atoms with E-state index in [1.807, 2.05) is 24.3 Å². The number of hydrogen-bond acceptors (Lipinski definition) is 4. The Morgan fingerprint density at radius 1 is 1.32 bits per heavy atom. The molecule has 10 heteroatoms. The molecule has 0 amide bonds. The SMILES string of the molecule is CCN(CC1CCN(C(=NC)NCCOCc2ccccc2OC)C1)CC(F)(F)F.I. The normalized spacial score (nSPS) is 17.1. The van der Waals surface area contributed by atoms with Crippen LogP contribution >= 0.6 is 24.0 Å². The summed E-state index contributed by atoms with van der Waals surface area (Å²) in [5, 5.41) is 3.28. The number of guanidine groups is 1. The van der Waals surface area contributed by atoms with Crippen LogP contribution in [0.4, 0.5) is 13.2 Å². The molecule has 1 aliphatic heterocycles. The molecule has 0 radical (unpaired) electrons. The maximum atomic E-state index is 12.7. The third-order valence-corrected chi connectivity index (χ3v) is 5.14. The van der Waals surface area contributed by atoms with Gasteiger partial charge in [0.15, 0.2) is 5.96 Å². The van der Waals surface area contributed by atoms with Gasteiger partial charge in [0.2, 0.25) is 0 Å². The molecule has 1 aromatic carbocycles. The van der Waals surface area contributed by atoms with Gasteiger partial charge in [-0.3, -0.25) is 9.89 Å². The fraction of sp³-hybridized carbons (Fsp3) is 0.667. The summed E-state index contributed by atoms with van der Waals surface area (Å²) >= 11 is 0. The van der Waals surface area contributed by atoms with Crippen LogP contribution in [0.15, 0.2) is 29.3 Å². The first kappa shape index (κ1) is 27.8. The van der Waals surface area contributed by atoms with Gasteiger partial charge >= 0.3 is 6.18 Å². The quantitative estimate of drug-likeness (QED) is 0.206. The Morgan fingerprint density at radius 2 is 2.06 bits per heavy atom. The van der Waals surface area contributed by atoms with Crippen LogP contribution in [0.1, 0.15) is 18.9 Å². The molecule has 0 bridgehead atoms. The van der Waals surface area contributed by atoms with E-state index in [1.165, 1.54) is 4.90 Å². The summed E-state index contributed by atoms with van der Waals surface area (Å²) in [6.07, 6.45) is -3.30. The molecule has 1 fully saturated rings. The molecule has 1 saturated heterocycles. The first-order valence-corrected chi connectivity index (χ1v) is 10.3. The summed E-state index contributed by atoms with van der Waals surface area (Å²) < 4.78 is 49.1. The maximum absolute atomic E-state index is 12.7. The highest BCUT2D eigenvalue weighted by molar-refractivity contribution is 14.0. The minimum absolute atomic E-state index is 0. The number of methoxy groups -OCH3 is 1. The largest absolute Gasteiger partial charge is 0.496 e. The minimum Gasteiger partial charge on any atom is -0.496 e. The Kier molecular flexibility index (Phi) is 12.5. The van der Waals surface area contributed by atoms with Crippen LogP contribution < -0.4 is 10.1 Å². The van der Waals surface area contributed by atoms with Crippen LogP contribution in [0.2, 0.25) is 0 Å². The van der Waals surface area contributed by atoms with Gasteiger partial charge in [-0.1, -0.05) is 25.1 Å². The van der Waals surface area contributed by atoms with Crippen molar-refractivity contribution in [3.8, 4) is 5.75 Å². The van der Waals surface area contributed by atoms with Gasteiger partial charge in [0.25, 0.3) is 0 Å². The van der Waals surface area contributed by atoms with E-state index < -0.39 is 12.7 Å². The van der Waals surface area contributed by atoms with Gasteiger partial charge in [-0.25, -0.2) is 0 Å². The fourth-order valence-electron chi connectivity index (χ4n) is 3.67. The smallest absolute Gasteiger partial charge is 0.401 e. The number of alkyl halides is 3. The van der Waals surface area contributed by atoms with E-state index in [0.29, 0.717) is 39.4 Å². The zero-order valence-corrected chi connectivity index (χ0v) is 20.8. The Morgan fingerprint density at radius 3 is 2.71 bits per heavy atom. The lowest BCUT2D eigenvalue weighted by Gasteiger charge is -2.26. The van der Waals surface area contributed by atoms with Gasteiger partial charge in [-0.15, -0.1) is 24.0 Å². The average molecular weight is 558 g/mol. The number of halogens is 4. The van der Waals surface area contributed by atoms with E-state index in [4.69, 9.17) is 9.47 Å². The first-order chi connectivity index (χ1) is 14.4. The lowest BCUT2D eigenvalue weighted by atomic mass is 10.1. The van der Waals surface area contributed by atoms with Gasteiger partial charge in [0.1, 0.15) is 5.75 Å². The van der Waals surface area contributed by atoms with Crippen molar-refractivity contribution in [3.05, 3.63) is 29.8 Å². The van der Waals surface area contributed by atoms with Gasteiger partial charge in [0, 0.05) is 38.8 Å². The summed E-state index contributed by atoms with van der Waals surface area (Å²) in [4.78, 5) is 7.88. The average Bonchev–Trinajstić information content (AvgIpc) is 3.17. The van der Waals surface area contributed by atoms with E-state index in [9.17, 15) is 13.2 Å². The van der Waals surface area contributed by atoms with Crippen molar-refractivity contribution in [1.29, 1.82) is 0 Å². The van der Waals surface area contributed by atoms with E-state index >= 15 is 0 Å². The lowest BCUT2D eigenvalue weighted by molar-refractivity contribution is -0.146. The molecule has 1 unspecified atom stereocenters.